The van der Waals surface area contributed by atoms with Gasteiger partial charge in [-0.1, -0.05) is 30.0 Å². The Labute approximate surface area is 139 Å². The highest BCUT2D eigenvalue weighted by atomic mass is 79.9. The Kier molecular flexibility index (Phi) is 5.88. The summed E-state index contributed by atoms with van der Waals surface area (Å²) >= 11 is 5.41. The van der Waals surface area contributed by atoms with E-state index >= 15 is 0 Å². The number of hydrogen-bond acceptors (Lipinski definition) is 2. The van der Waals surface area contributed by atoms with E-state index in [4.69, 9.17) is 0 Å². The Morgan fingerprint density at radius 1 is 1.24 bits per heavy atom. The topological polar surface area (TPSA) is 15.6 Å². The van der Waals surface area contributed by atoms with Crippen molar-refractivity contribution in [2.75, 3.05) is 13.6 Å². The molecule has 110 valence electrons. The zero-order valence-electron chi connectivity index (χ0n) is 12.5. The number of aliphatic imine (C=N–C) groups is 1. The van der Waals surface area contributed by atoms with Crippen LogP contribution >= 0.6 is 27.7 Å². The van der Waals surface area contributed by atoms with E-state index in [1.54, 1.807) is 11.8 Å². The first-order valence-corrected chi connectivity index (χ1v) is 8.48. The summed E-state index contributed by atoms with van der Waals surface area (Å²) in [5, 5.41) is 0. The van der Waals surface area contributed by atoms with E-state index in [1.807, 2.05) is 19.5 Å². The smallest absolute Gasteiger partial charge is 0.0909 e. The molecule has 4 heteroatoms. The van der Waals surface area contributed by atoms with E-state index in [0.29, 0.717) is 0 Å². The van der Waals surface area contributed by atoms with Gasteiger partial charge in [-0.25, -0.2) is 4.99 Å². The van der Waals surface area contributed by atoms with Gasteiger partial charge in [-0.3, -0.25) is 0 Å². The third-order valence-electron chi connectivity index (χ3n) is 3.11. The minimum atomic E-state index is 0.950. The maximum Gasteiger partial charge on any atom is 0.0909 e. The highest BCUT2D eigenvalue weighted by Crippen LogP contribution is 2.37. The highest BCUT2D eigenvalue weighted by molar-refractivity contribution is 9.10. The molecule has 0 atom stereocenters. The summed E-state index contributed by atoms with van der Waals surface area (Å²) in [5.74, 6) is 0. The second-order valence-corrected chi connectivity index (χ2v) is 6.77. The number of hydrogen-bond donors (Lipinski definition) is 0. The molecular weight excluding hydrogens is 344 g/mol. The minimum Gasteiger partial charge on any atom is -0.366 e. The van der Waals surface area contributed by atoms with E-state index in [1.165, 1.54) is 15.4 Å². The van der Waals surface area contributed by atoms with Crippen LogP contribution in [0.2, 0.25) is 0 Å². The molecule has 0 saturated heterocycles. The molecule has 21 heavy (non-hydrogen) atoms. The van der Waals surface area contributed by atoms with Crippen LogP contribution in [0.25, 0.3) is 0 Å². The van der Waals surface area contributed by atoms with Gasteiger partial charge in [0.15, 0.2) is 0 Å². The van der Waals surface area contributed by atoms with Crippen molar-refractivity contribution in [2.45, 2.75) is 23.6 Å². The molecule has 0 aliphatic heterocycles. The first-order valence-electron chi connectivity index (χ1n) is 6.87. The van der Waals surface area contributed by atoms with Gasteiger partial charge < -0.3 is 4.90 Å². The molecule has 0 N–H and O–H groups in total. The van der Waals surface area contributed by atoms with Gasteiger partial charge in [0, 0.05) is 27.9 Å². The zero-order valence-corrected chi connectivity index (χ0v) is 14.9. The molecule has 0 aromatic heterocycles. The average Bonchev–Trinajstić information content (AvgIpc) is 2.50. The lowest BCUT2D eigenvalue weighted by molar-refractivity contribution is 0.552. The third kappa shape index (κ3) is 4.61. The minimum absolute atomic E-state index is 0.950. The van der Waals surface area contributed by atoms with Gasteiger partial charge in [0.1, 0.15) is 0 Å². The molecule has 2 aromatic rings. The molecule has 0 fully saturated rings. The third-order valence-corrected chi connectivity index (χ3v) is 5.10. The molecule has 0 heterocycles. The number of rotatable bonds is 5. The predicted octanol–water partition coefficient (Wildman–Crippen LogP) is 5.52. The van der Waals surface area contributed by atoms with Crippen LogP contribution < -0.4 is 0 Å². The predicted molar refractivity (Wildman–Crippen MR) is 95.9 cm³/mol. The van der Waals surface area contributed by atoms with Gasteiger partial charge in [0.2, 0.25) is 0 Å². The number of halogens is 1. The van der Waals surface area contributed by atoms with E-state index in [-0.39, 0.29) is 0 Å². The fourth-order valence-corrected chi connectivity index (χ4v) is 3.23. The quantitative estimate of drug-likeness (QED) is 0.513. The molecule has 0 unspecified atom stereocenters. The first-order chi connectivity index (χ1) is 10.1. The number of nitrogens with zero attached hydrogens (tertiary/aromatic N) is 2. The van der Waals surface area contributed by atoms with E-state index in [2.05, 4.69) is 76.1 Å². The summed E-state index contributed by atoms with van der Waals surface area (Å²) in [6.45, 7) is 5.15. The lowest BCUT2D eigenvalue weighted by Gasteiger charge is -2.11. The molecule has 0 spiro atoms. The number of benzene rings is 2. The summed E-state index contributed by atoms with van der Waals surface area (Å²) in [6, 6.07) is 14.7. The Hall–Kier alpha value is -1.26. The average molecular weight is 363 g/mol. The largest absolute Gasteiger partial charge is 0.366 e. The maximum atomic E-state index is 4.55. The number of aryl methyl sites for hydroxylation is 1. The SMILES string of the molecule is CCN(C)C=Nc1cc(Br)c(Sc2ccccc2)cc1C. The Balaban J connectivity index is 2.23. The maximum absolute atomic E-state index is 4.55. The van der Waals surface area contributed by atoms with Crippen molar-refractivity contribution in [3.63, 3.8) is 0 Å². The van der Waals surface area contributed by atoms with E-state index < -0.39 is 0 Å². The van der Waals surface area contributed by atoms with Crippen LogP contribution in [0.15, 0.2) is 61.7 Å². The summed E-state index contributed by atoms with van der Waals surface area (Å²) in [6.07, 6.45) is 1.87. The second-order valence-electron chi connectivity index (χ2n) is 4.80. The highest BCUT2D eigenvalue weighted by Gasteiger charge is 2.06. The van der Waals surface area contributed by atoms with Crippen LogP contribution in [0.1, 0.15) is 12.5 Å². The van der Waals surface area contributed by atoms with Crippen molar-refractivity contribution in [2.24, 2.45) is 4.99 Å². The van der Waals surface area contributed by atoms with Gasteiger partial charge in [-0.15, -0.1) is 0 Å². The van der Waals surface area contributed by atoms with Gasteiger partial charge in [0.05, 0.1) is 12.0 Å². The lowest BCUT2D eigenvalue weighted by atomic mass is 10.2. The van der Waals surface area contributed by atoms with Crippen molar-refractivity contribution in [3.8, 4) is 0 Å². The molecule has 0 radical (unpaired) electrons. The molecule has 2 rings (SSSR count). The van der Waals surface area contributed by atoms with Crippen molar-refractivity contribution < 1.29 is 0 Å². The van der Waals surface area contributed by atoms with Gasteiger partial charge in [0.25, 0.3) is 0 Å². The molecule has 2 aromatic carbocycles. The zero-order chi connectivity index (χ0) is 15.2. The summed E-state index contributed by atoms with van der Waals surface area (Å²) in [5.41, 5.74) is 2.18. The summed E-state index contributed by atoms with van der Waals surface area (Å²) in [7, 11) is 2.02. The standard InChI is InChI=1S/C17H19BrN2S/c1-4-20(3)12-19-16-11-15(18)17(10-13(16)2)21-14-8-6-5-7-9-14/h5-12H,4H2,1-3H3. The Morgan fingerprint density at radius 3 is 2.62 bits per heavy atom. The van der Waals surface area contributed by atoms with Crippen molar-refractivity contribution in [1.29, 1.82) is 0 Å². The monoisotopic (exact) mass is 362 g/mol. The second kappa shape index (κ2) is 7.66. The van der Waals surface area contributed by atoms with Crippen molar-refractivity contribution in [1.82, 2.24) is 4.90 Å². The molecule has 0 saturated carbocycles. The first kappa shape index (κ1) is 16.1. The van der Waals surface area contributed by atoms with E-state index in [9.17, 15) is 0 Å². The fourth-order valence-electron chi connectivity index (χ4n) is 1.72. The van der Waals surface area contributed by atoms with Crippen LogP contribution in [0.4, 0.5) is 5.69 Å². The van der Waals surface area contributed by atoms with Crippen LogP contribution in [-0.2, 0) is 0 Å². The molecule has 2 nitrogen and oxygen atoms in total. The lowest BCUT2D eigenvalue weighted by Crippen LogP contribution is -2.14. The Morgan fingerprint density at radius 2 is 1.95 bits per heavy atom. The normalized spacial score (nSPS) is 11.0. The molecule has 0 aliphatic carbocycles. The van der Waals surface area contributed by atoms with Crippen LogP contribution in [-0.4, -0.2) is 24.8 Å². The van der Waals surface area contributed by atoms with Gasteiger partial charge in [-0.05, 0) is 59.6 Å². The summed E-state index contributed by atoms with van der Waals surface area (Å²) < 4.78 is 1.08. The fraction of sp³-hybridized carbons (Fsp3) is 0.235. The van der Waals surface area contributed by atoms with Gasteiger partial charge >= 0.3 is 0 Å². The summed E-state index contributed by atoms with van der Waals surface area (Å²) in [4.78, 5) is 9.05. The molecule has 0 amide bonds. The Bertz CT molecular complexity index is 626. The molecule has 0 bridgehead atoms. The van der Waals surface area contributed by atoms with E-state index in [0.717, 1.165) is 16.7 Å². The van der Waals surface area contributed by atoms with Crippen molar-refractivity contribution in [3.05, 3.63) is 52.5 Å². The van der Waals surface area contributed by atoms with Crippen LogP contribution in [0, 0.1) is 6.92 Å². The van der Waals surface area contributed by atoms with Gasteiger partial charge in [-0.2, -0.15) is 0 Å². The molecule has 0 aliphatic rings. The van der Waals surface area contributed by atoms with Crippen LogP contribution in [0.5, 0.6) is 0 Å². The van der Waals surface area contributed by atoms with Crippen molar-refractivity contribution >= 4 is 39.7 Å². The molecular formula is C17H19BrN2S. The van der Waals surface area contributed by atoms with Crippen LogP contribution in [0.3, 0.4) is 0 Å².